The Bertz CT molecular complexity index is 485. The van der Waals surface area contributed by atoms with Crippen LogP contribution in [0, 0.1) is 0 Å². The molecule has 0 aliphatic carbocycles. The summed E-state index contributed by atoms with van der Waals surface area (Å²) in [5, 5.41) is 3.55. The minimum atomic E-state index is -0.268. The highest BCUT2D eigenvalue weighted by atomic mass is 32.2. The summed E-state index contributed by atoms with van der Waals surface area (Å²) in [6, 6.07) is 8.74. The van der Waals surface area contributed by atoms with E-state index in [-0.39, 0.29) is 11.6 Å². The van der Waals surface area contributed by atoms with Crippen molar-refractivity contribution >= 4 is 17.7 Å². The maximum atomic E-state index is 12.1. The average Bonchev–Trinajstić information content (AvgIpc) is 2.85. The third kappa shape index (κ3) is 2.07. The third-order valence-electron chi connectivity index (χ3n) is 4.11. The summed E-state index contributed by atoms with van der Waals surface area (Å²) in [7, 11) is 0. The highest BCUT2D eigenvalue weighted by molar-refractivity contribution is 8.00. The molecular formula is C15H20N2OS. The first-order chi connectivity index (χ1) is 9.13. The zero-order chi connectivity index (χ0) is 13.5. The van der Waals surface area contributed by atoms with Crippen molar-refractivity contribution in [1.82, 2.24) is 10.2 Å². The Balaban J connectivity index is 1.96. The summed E-state index contributed by atoms with van der Waals surface area (Å²) in [4.78, 5) is 14.1. The van der Waals surface area contributed by atoms with E-state index in [2.05, 4.69) is 43.4 Å². The van der Waals surface area contributed by atoms with E-state index >= 15 is 0 Å². The molecular weight excluding hydrogens is 256 g/mol. The van der Waals surface area contributed by atoms with Gasteiger partial charge in [0.1, 0.15) is 5.66 Å². The lowest BCUT2D eigenvalue weighted by Crippen LogP contribution is -2.56. The molecule has 2 saturated heterocycles. The fourth-order valence-electron chi connectivity index (χ4n) is 2.98. The van der Waals surface area contributed by atoms with Crippen LogP contribution in [0.5, 0.6) is 0 Å². The lowest BCUT2D eigenvalue weighted by Gasteiger charge is -2.42. The van der Waals surface area contributed by atoms with Crippen molar-refractivity contribution in [3.63, 3.8) is 0 Å². The van der Waals surface area contributed by atoms with Crippen molar-refractivity contribution in [2.75, 3.05) is 24.6 Å². The van der Waals surface area contributed by atoms with E-state index in [1.165, 1.54) is 11.1 Å². The van der Waals surface area contributed by atoms with Crippen molar-refractivity contribution in [2.24, 2.45) is 0 Å². The van der Waals surface area contributed by atoms with Gasteiger partial charge >= 0.3 is 0 Å². The van der Waals surface area contributed by atoms with Crippen LogP contribution in [0.25, 0.3) is 0 Å². The highest BCUT2D eigenvalue weighted by Crippen LogP contribution is 2.37. The summed E-state index contributed by atoms with van der Waals surface area (Å²) >= 11 is 1.73. The van der Waals surface area contributed by atoms with E-state index in [1.807, 2.05) is 4.90 Å². The van der Waals surface area contributed by atoms with Gasteiger partial charge in [-0.05, 0) is 17.0 Å². The summed E-state index contributed by atoms with van der Waals surface area (Å²) in [6.45, 7) is 6.12. The summed E-state index contributed by atoms with van der Waals surface area (Å²) in [5.41, 5.74) is 2.30. The molecule has 2 fully saturated rings. The van der Waals surface area contributed by atoms with E-state index in [4.69, 9.17) is 0 Å². The molecule has 4 heteroatoms. The van der Waals surface area contributed by atoms with E-state index in [0.717, 1.165) is 18.8 Å². The zero-order valence-corrected chi connectivity index (χ0v) is 12.3. The molecule has 1 N–H and O–H groups in total. The van der Waals surface area contributed by atoms with Crippen LogP contribution in [0.4, 0.5) is 0 Å². The van der Waals surface area contributed by atoms with Crippen molar-refractivity contribution in [2.45, 2.75) is 25.4 Å². The number of fused-ring (bicyclic) bond motifs is 1. The molecule has 0 spiro atoms. The predicted octanol–water partition coefficient (Wildman–Crippen LogP) is 2.14. The fraction of sp³-hybridized carbons (Fsp3) is 0.533. The molecule has 102 valence electrons. The third-order valence-corrected chi connectivity index (χ3v) is 5.18. The average molecular weight is 276 g/mol. The molecule has 3 nitrogen and oxygen atoms in total. The molecule has 1 unspecified atom stereocenters. The van der Waals surface area contributed by atoms with Gasteiger partial charge in [-0.25, -0.2) is 0 Å². The van der Waals surface area contributed by atoms with Crippen LogP contribution in [0.15, 0.2) is 24.3 Å². The second kappa shape index (κ2) is 4.84. The van der Waals surface area contributed by atoms with E-state index in [0.29, 0.717) is 11.7 Å². The molecule has 1 aromatic carbocycles. The first kappa shape index (κ1) is 13.0. The molecule has 19 heavy (non-hydrogen) atoms. The van der Waals surface area contributed by atoms with E-state index in [1.54, 1.807) is 11.8 Å². The number of thioether (sulfide) groups is 1. The first-order valence-corrected chi connectivity index (χ1v) is 8.03. The Morgan fingerprint density at radius 1 is 1.32 bits per heavy atom. The minimum absolute atomic E-state index is 0.259. The Morgan fingerprint density at radius 2 is 2.05 bits per heavy atom. The highest BCUT2D eigenvalue weighted by Gasteiger charge is 2.47. The Kier molecular flexibility index (Phi) is 3.31. The molecule has 0 radical (unpaired) electrons. The minimum Gasteiger partial charge on any atom is -0.317 e. The Hall–Kier alpha value is -1.00. The number of carbonyl (C=O) groups excluding carboxylic acids is 1. The molecule has 0 saturated carbocycles. The lowest BCUT2D eigenvalue weighted by atomic mass is 9.95. The van der Waals surface area contributed by atoms with Crippen LogP contribution in [-0.2, 0) is 10.5 Å². The van der Waals surface area contributed by atoms with Crippen molar-refractivity contribution < 1.29 is 4.79 Å². The van der Waals surface area contributed by atoms with Gasteiger partial charge in [-0.15, -0.1) is 11.8 Å². The quantitative estimate of drug-likeness (QED) is 0.898. The number of benzene rings is 1. The molecule has 3 rings (SSSR count). The normalized spacial score (nSPS) is 26.9. The molecule has 2 aliphatic rings. The Labute approximate surface area is 118 Å². The van der Waals surface area contributed by atoms with Gasteiger partial charge in [-0.3, -0.25) is 10.1 Å². The number of nitrogens with one attached hydrogen (secondary N) is 1. The van der Waals surface area contributed by atoms with Crippen LogP contribution < -0.4 is 5.32 Å². The number of nitrogens with zero attached hydrogens (tertiary/aromatic N) is 1. The van der Waals surface area contributed by atoms with Gasteiger partial charge in [-0.2, -0.15) is 0 Å². The van der Waals surface area contributed by atoms with Crippen molar-refractivity contribution in [3.8, 4) is 0 Å². The summed E-state index contributed by atoms with van der Waals surface area (Å²) < 4.78 is 0. The van der Waals surface area contributed by atoms with E-state index in [9.17, 15) is 4.79 Å². The van der Waals surface area contributed by atoms with Crippen LogP contribution in [0.1, 0.15) is 30.9 Å². The topological polar surface area (TPSA) is 32.3 Å². The van der Waals surface area contributed by atoms with Crippen molar-refractivity contribution in [1.29, 1.82) is 0 Å². The SMILES string of the molecule is CC(C)c1ccc(C23CSCC(=O)N2CCN3)cc1. The summed E-state index contributed by atoms with van der Waals surface area (Å²) in [5.74, 6) is 2.36. The Morgan fingerprint density at radius 3 is 2.74 bits per heavy atom. The van der Waals surface area contributed by atoms with Gasteiger partial charge in [0.2, 0.25) is 5.91 Å². The number of rotatable bonds is 2. The van der Waals surface area contributed by atoms with Gasteiger partial charge in [-0.1, -0.05) is 38.1 Å². The van der Waals surface area contributed by atoms with Gasteiger partial charge in [0.05, 0.1) is 5.75 Å². The van der Waals surface area contributed by atoms with Gasteiger partial charge in [0.25, 0.3) is 0 Å². The first-order valence-electron chi connectivity index (χ1n) is 6.87. The van der Waals surface area contributed by atoms with Crippen molar-refractivity contribution in [3.05, 3.63) is 35.4 Å². The zero-order valence-electron chi connectivity index (χ0n) is 11.5. The van der Waals surface area contributed by atoms with Crippen LogP contribution in [0.3, 0.4) is 0 Å². The number of hydrogen-bond acceptors (Lipinski definition) is 3. The second-order valence-electron chi connectivity index (χ2n) is 5.60. The van der Waals surface area contributed by atoms with Crippen LogP contribution >= 0.6 is 11.8 Å². The number of carbonyl (C=O) groups is 1. The lowest BCUT2D eigenvalue weighted by molar-refractivity contribution is -0.133. The molecule has 1 amide bonds. The number of hydrogen-bond donors (Lipinski definition) is 1. The molecule has 2 aliphatic heterocycles. The predicted molar refractivity (Wildman–Crippen MR) is 79.2 cm³/mol. The maximum absolute atomic E-state index is 12.1. The standard InChI is InChI=1S/C15H20N2OS/c1-11(2)12-3-5-13(6-4-12)15-10-19-9-14(18)17(15)8-7-16-15/h3-6,11,16H,7-10H2,1-2H3. The van der Waals surface area contributed by atoms with E-state index < -0.39 is 0 Å². The summed E-state index contributed by atoms with van der Waals surface area (Å²) in [6.07, 6.45) is 0. The largest absolute Gasteiger partial charge is 0.317 e. The molecule has 2 heterocycles. The molecule has 1 atom stereocenters. The van der Waals surface area contributed by atoms with Crippen LogP contribution in [0.2, 0.25) is 0 Å². The second-order valence-corrected chi connectivity index (χ2v) is 6.59. The fourth-order valence-corrected chi connectivity index (χ4v) is 4.13. The monoisotopic (exact) mass is 276 g/mol. The number of amides is 1. The molecule has 0 bridgehead atoms. The van der Waals surface area contributed by atoms with Gasteiger partial charge in [0.15, 0.2) is 0 Å². The van der Waals surface area contributed by atoms with Gasteiger partial charge in [0, 0.05) is 18.8 Å². The molecule has 1 aromatic rings. The maximum Gasteiger partial charge on any atom is 0.234 e. The molecule has 0 aromatic heterocycles. The smallest absolute Gasteiger partial charge is 0.234 e. The van der Waals surface area contributed by atoms with Crippen LogP contribution in [-0.4, -0.2) is 35.4 Å². The van der Waals surface area contributed by atoms with Gasteiger partial charge < -0.3 is 4.90 Å².